The highest BCUT2D eigenvalue weighted by molar-refractivity contribution is 7.89. The van der Waals surface area contributed by atoms with Crippen LogP contribution >= 0.6 is 0 Å². The summed E-state index contributed by atoms with van der Waals surface area (Å²) in [4.78, 5) is 0.295. The van der Waals surface area contributed by atoms with Gasteiger partial charge < -0.3 is 0 Å². The molecule has 0 aliphatic carbocycles. The quantitative estimate of drug-likeness (QED) is 0.798. The van der Waals surface area contributed by atoms with E-state index in [1.54, 1.807) is 24.3 Å². The summed E-state index contributed by atoms with van der Waals surface area (Å²) in [5, 5.41) is 0. The molecule has 1 saturated heterocycles. The molecule has 0 spiro atoms. The largest absolute Gasteiger partial charge is 0.243 e. The maximum Gasteiger partial charge on any atom is 0.243 e. The zero-order valence-electron chi connectivity index (χ0n) is 14.9. The first-order valence-corrected chi connectivity index (χ1v) is 10.0. The smallest absolute Gasteiger partial charge is 0.207 e. The van der Waals surface area contributed by atoms with Gasteiger partial charge in [0.2, 0.25) is 10.0 Å². The van der Waals surface area contributed by atoms with Gasteiger partial charge in [0.05, 0.1) is 10.9 Å². The third-order valence-corrected chi connectivity index (χ3v) is 6.69. The van der Waals surface area contributed by atoms with E-state index in [1.165, 1.54) is 16.4 Å². The normalized spacial score (nSPS) is 19.3. The van der Waals surface area contributed by atoms with Crippen LogP contribution in [0.1, 0.15) is 50.8 Å². The van der Waals surface area contributed by atoms with Gasteiger partial charge in [-0.2, -0.15) is 4.31 Å². The fraction of sp³-hybridized carbons (Fsp3) is 0.400. The molecule has 0 bridgehead atoms. The number of halogens is 1. The molecule has 5 heteroatoms. The third kappa shape index (κ3) is 3.62. The van der Waals surface area contributed by atoms with Crippen LogP contribution in [0.2, 0.25) is 0 Å². The zero-order valence-corrected chi connectivity index (χ0v) is 15.7. The monoisotopic (exact) mass is 361 g/mol. The van der Waals surface area contributed by atoms with Crippen molar-refractivity contribution in [2.45, 2.75) is 50.0 Å². The lowest BCUT2D eigenvalue weighted by Crippen LogP contribution is -2.30. The van der Waals surface area contributed by atoms with Gasteiger partial charge in [-0.25, -0.2) is 12.8 Å². The van der Waals surface area contributed by atoms with Crippen molar-refractivity contribution in [1.29, 1.82) is 0 Å². The Morgan fingerprint density at radius 1 is 1.08 bits per heavy atom. The highest BCUT2D eigenvalue weighted by atomic mass is 32.2. The van der Waals surface area contributed by atoms with Gasteiger partial charge >= 0.3 is 0 Å². The van der Waals surface area contributed by atoms with Gasteiger partial charge in [0.1, 0.15) is 5.82 Å². The first kappa shape index (κ1) is 18.1. The molecule has 1 aliphatic heterocycles. The summed E-state index contributed by atoms with van der Waals surface area (Å²) in [6.45, 7) is 6.75. The van der Waals surface area contributed by atoms with Gasteiger partial charge in [0, 0.05) is 6.54 Å². The summed E-state index contributed by atoms with van der Waals surface area (Å²) >= 11 is 0. The SMILES string of the molecule is CC(C)(C)c1ccc(S(=O)(=O)N2CCC[C@H]2c2cccc(F)c2)cc1. The van der Waals surface area contributed by atoms with Gasteiger partial charge in [0.15, 0.2) is 0 Å². The van der Waals surface area contributed by atoms with Crippen LogP contribution in [-0.4, -0.2) is 19.3 Å². The first-order valence-electron chi connectivity index (χ1n) is 8.57. The predicted octanol–water partition coefficient (Wildman–Crippen LogP) is 4.65. The Kier molecular flexibility index (Phi) is 4.73. The predicted molar refractivity (Wildman–Crippen MR) is 97.4 cm³/mol. The number of hydrogen-bond donors (Lipinski definition) is 0. The molecule has 1 atom stereocenters. The number of rotatable bonds is 3. The van der Waals surface area contributed by atoms with Crippen molar-refractivity contribution < 1.29 is 12.8 Å². The van der Waals surface area contributed by atoms with Gasteiger partial charge in [-0.3, -0.25) is 0 Å². The zero-order chi connectivity index (χ0) is 18.2. The fourth-order valence-corrected chi connectivity index (χ4v) is 5.02. The van der Waals surface area contributed by atoms with Crippen molar-refractivity contribution in [2.24, 2.45) is 0 Å². The van der Waals surface area contributed by atoms with Crippen LogP contribution in [0.5, 0.6) is 0 Å². The second kappa shape index (κ2) is 6.54. The molecule has 0 unspecified atom stereocenters. The Morgan fingerprint density at radius 2 is 1.76 bits per heavy atom. The number of sulfonamides is 1. The molecule has 0 saturated carbocycles. The summed E-state index contributed by atoms with van der Waals surface area (Å²) in [5.74, 6) is -0.337. The lowest BCUT2D eigenvalue weighted by molar-refractivity contribution is 0.395. The highest BCUT2D eigenvalue weighted by Gasteiger charge is 2.36. The molecular weight excluding hydrogens is 337 g/mol. The minimum atomic E-state index is -3.60. The second-order valence-electron chi connectivity index (χ2n) is 7.60. The molecule has 0 aromatic heterocycles. The minimum Gasteiger partial charge on any atom is -0.207 e. The molecule has 3 nitrogen and oxygen atoms in total. The van der Waals surface area contributed by atoms with Gasteiger partial charge in [0.25, 0.3) is 0 Å². The molecular formula is C20H24FNO2S. The summed E-state index contributed by atoms with van der Waals surface area (Å²) in [7, 11) is -3.60. The van der Waals surface area contributed by atoms with E-state index in [9.17, 15) is 12.8 Å². The Bertz CT molecular complexity index is 854. The maximum absolute atomic E-state index is 13.6. The third-order valence-electron chi connectivity index (χ3n) is 4.76. The topological polar surface area (TPSA) is 37.4 Å². The van der Waals surface area contributed by atoms with Crippen LogP contribution in [0.4, 0.5) is 4.39 Å². The molecule has 2 aromatic rings. The van der Waals surface area contributed by atoms with Gasteiger partial charge in [-0.05, 0) is 53.6 Å². The van der Waals surface area contributed by atoms with E-state index >= 15 is 0 Å². The van der Waals surface area contributed by atoms with E-state index < -0.39 is 10.0 Å². The van der Waals surface area contributed by atoms with Crippen molar-refractivity contribution in [1.82, 2.24) is 4.31 Å². The van der Waals surface area contributed by atoms with Crippen LogP contribution in [0.25, 0.3) is 0 Å². The Morgan fingerprint density at radius 3 is 2.36 bits per heavy atom. The molecule has 1 aliphatic rings. The van der Waals surface area contributed by atoms with Crippen LogP contribution in [0.3, 0.4) is 0 Å². The van der Waals surface area contributed by atoms with E-state index in [0.29, 0.717) is 23.4 Å². The minimum absolute atomic E-state index is 0.0277. The van der Waals surface area contributed by atoms with E-state index in [-0.39, 0.29) is 17.3 Å². The average Bonchev–Trinajstić information content (AvgIpc) is 3.04. The van der Waals surface area contributed by atoms with Crippen LogP contribution < -0.4 is 0 Å². The van der Waals surface area contributed by atoms with Gasteiger partial charge in [-0.1, -0.05) is 45.0 Å². The number of nitrogens with zero attached hydrogens (tertiary/aromatic N) is 1. The van der Waals surface area contributed by atoms with Crippen molar-refractivity contribution in [3.8, 4) is 0 Å². The van der Waals surface area contributed by atoms with Crippen LogP contribution in [0.15, 0.2) is 53.4 Å². The summed E-state index contributed by atoms with van der Waals surface area (Å²) in [6.07, 6.45) is 1.49. The summed E-state index contributed by atoms with van der Waals surface area (Å²) < 4.78 is 41.3. The van der Waals surface area contributed by atoms with E-state index in [2.05, 4.69) is 20.8 Å². The standard InChI is InChI=1S/C20H24FNO2S/c1-20(2,3)16-9-11-18(12-10-16)25(23,24)22-13-5-8-19(22)15-6-4-7-17(21)14-15/h4,6-7,9-12,14,19H,5,8,13H2,1-3H3/t19-/m0/s1. The lowest BCUT2D eigenvalue weighted by Gasteiger charge is -2.25. The van der Waals surface area contributed by atoms with Crippen molar-refractivity contribution in [3.63, 3.8) is 0 Å². The lowest BCUT2D eigenvalue weighted by atomic mass is 9.87. The molecule has 25 heavy (non-hydrogen) atoms. The van der Waals surface area contributed by atoms with Crippen molar-refractivity contribution >= 4 is 10.0 Å². The molecule has 0 N–H and O–H groups in total. The molecule has 1 heterocycles. The van der Waals surface area contributed by atoms with E-state index in [4.69, 9.17) is 0 Å². The Balaban J connectivity index is 1.93. The van der Waals surface area contributed by atoms with Crippen molar-refractivity contribution in [2.75, 3.05) is 6.54 Å². The van der Waals surface area contributed by atoms with Crippen molar-refractivity contribution in [3.05, 3.63) is 65.5 Å². The van der Waals surface area contributed by atoms with Crippen LogP contribution in [0, 0.1) is 5.82 Å². The highest BCUT2D eigenvalue weighted by Crippen LogP contribution is 2.37. The molecule has 134 valence electrons. The molecule has 0 amide bonds. The van der Waals surface area contributed by atoms with Gasteiger partial charge in [-0.15, -0.1) is 0 Å². The molecule has 2 aromatic carbocycles. The maximum atomic E-state index is 13.6. The number of benzene rings is 2. The summed E-state index contributed by atoms with van der Waals surface area (Å²) in [5.41, 5.74) is 1.78. The van der Waals surface area contributed by atoms with E-state index in [1.807, 2.05) is 12.1 Å². The van der Waals surface area contributed by atoms with Crippen LogP contribution in [-0.2, 0) is 15.4 Å². The first-order chi connectivity index (χ1) is 11.7. The molecule has 1 fully saturated rings. The Hall–Kier alpha value is -1.72. The molecule has 0 radical (unpaired) electrons. The van der Waals surface area contributed by atoms with E-state index in [0.717, 1.165) is 12.0 Å². The number of hydrogen-bond acceptors (Lipinski definition) is 2. The Labute approximate surface area is 149 Å². The average molecular weight is 361 g/mol. The summed E-state index contributed by atoms with van der Waals surface area (Å²) in [6, 6.07) is 13.0. The second-order valence-corrected chi connectivity index (χ2v) is 9.49. The fourth-order valence-electron chi connectivity index (χ4n) is 3.34. The molecule has 3 rings (SSSR count).